The van der Waals surface area contributed by atoms with Crippen LogP contribution in [0.5, 0.6) is 0 Å². The number of benzene rings is 2. The molecule has 4 rings (SSSR count). The van der Waals surface area contributed by atoms with Crippen LogP contribution in [0.3, 0.4) is 0 Å². The minimum absolute atomic E-state index is 0.0228. The van der Waals surface area contributed by atoms with Gasteiger partial charge in [-0.2, -0.15) is 0 Å². The quantitative estimate of drug-likeness (QED) is 0.0976. The smallest absolute Gasteiger partial charge is 0.332 e. The summed E-state index contributed by atoms with van der Waals surface area (Å²) in [6, 6.07) is 14.4. The van der Waals surface area contributed by atoms with Gasteiger partial charge in [-0.25, -0.2) is 9.89 Å². The maximum atomic E-state index is 13.6. The molecule has 258 valence electrons. The van der Waals surface area contributed by atoms with Crippen molar-refractivity contribution >= 4 is 17.8 Å². The van der Waals surface area contributed by atoms with E-state index >= 15 is 0 Å². The van der Waals surface area contributed by atoms with Crippen molar-refractivity contribution in [2.75, 3.05) is 7.11 Å². The Bertz CT molecular complexity index is 1530. The first-order valence-corrected chi connectivity index (χ1v) is 16.0. The van der Waals surface area contributed by atoms with Crippen LogP contribution in [0.25, 0.3) is 22.5 Å². The highest BCUT2D eigenvalue weighted by molar-refractivity contribution is 5.85. The number of methoxy groups -OCH3 is 1. The number of unbranched alkanes of at least 4 members (excludes halogenated alkanes) is 1. The van der Waals surface area contributed by atoms with E-state index in [1.165, 1.54) is 18.9 Å². The Morgan fingerprint density at radius 3 is 2.31 bits per heavy atom. The fraction of sp³-hybridized carbons (Fsp3) is 0.515. The molecule has 0 aliphatic heterocycles. The van der Waals surface area contributed by atoms with E-state index in [0.29, 0.717) is 12.2 Å². The van der Waals surface area contributed by atoms with Gasteiger partial charge in [-0.05, 0) is 52.3 Å². The Morgan fingerprint density at radius 2 is 1.71 bits per heavy atom. The molecule has 15 nitrogen and oxygen atoms in total. The first kappa shape index (κ1) is 35.9. The summed E-state index contributed by atoms with van der Waals surface area (Å²) in [5, 5.41) is 24.1. The van der Waals surface area contributed by atoms with Gasteiger partial charge in [0.1, 0.15) is 12.1 Å². The molecular formula is C33H42N6O9. The lowest BCUT2D eigenvalue weighted by atomic mass is 9.97. The van der Waals surface area contributed by atoms with Crippen molar-refractivity contribution in [1.29, 1.82) is 0 Å². The van der Waals surface area contributed by atoms with Crippen LogP contribution in [0.15, 0.2) is 48.5 Å². The number of hydrogen-bond donors (Lipinski definition) is 1. The van der Waals surface area contributed by atoms with Gasteiger partial charge >= 0.3 is 11.9 Å². The first-order valence-electron chi connectivity index (χ1n) is 16.0. The lowest BCUT2D eigenvalue weighted by molar-refractivity contribution is -0.770. The second-order valence-electron chi connectivity index (χ2n) is 12.1. The average molecular weight is 667 g/mol. The van der Waals surface area contributed by atoms with Crippen LogP contribution in [0.1, 0.15) is 65.4 Å². The topological polar surface area (TPSA) is 189 Å². The van der Waals surface area contributed by atoms with Gasteiger partial charge in [0.15, 0.2) is 5.82 Å². The largest absolute Gasteiger partial charge is 0.425 e. The normalized spacial score (nSPS) is 18.6. The van der Waals surface area contributed by atoms with Gasteiger partial charge in [0.05, 0.1) is 12.0 Å². The summed E-state index contributed by atoms with van der Waals surface area (Å²) in [5.41, 5.74) is 3.48. The Morgan fingerprint density at radius 1 is 1.02 bits per heavy atom. The van der Waals surface area contributed by atoms with Crippen molar-refractivity contribution in [3.05, 3.63) is 64.2 Å². The zero-order valence-electron chi connectivity index (χ0n) is 27.7. The number of carbonyl (C=O) groups excluding carboxylic acids is 3. The van der Waals surface area contributed by atoms with Gasteiger partial charge in [0.25, 0.3) is 5.09 Å². The first-order chi connectivity index (χ1) is 23.0. The molecule has 0 spiro atoms. The molecule has 0 unspecified atom stereocenters. The molecular weight excluding hydrogens is 624 g/mol. The van der Waals surface area contributed by atoms with Crippen LogP contribution in [-0.2, 0) is 40.0 Å². The molecule has 5 atom stereocenters. The number of H-pyrrole nitrogens is 1. The van der Waals surface area contributed by atoms with E-state index in [0.717, 1.165) is 28.7 Å². The van der Waals surface area contributed by atoms with Crippen molar-refractivity contribution in [2.24, 2.45) is 11.8 Å². The van der Waals surface area contributed by atoms with E-state index in [4.69, 9.17) is 14.2 Å². The molecule has 0 bridgehead atoms. The second kappa shape index (κ2) is 16.8. The zero-order chi connectivity index (χ0) is 34.8. The minimum Gasteiger partial charge on any atom is -0.425 e. The van der Waals surface area contributed by atoms with Gasteiger partial charge in [0, 0.05) is 32.6 Å². The van der Waals surface area contributed by atoms with Crippen LogP contribution in [-0.4, -0.2) is 80.1 Å². The van der Waals surface area contributed by atoms with Gasteiger partial charge in [-0.1, -0.05) is 75.7 Å². The third-order valence-corrected chi connectivity index (χ3v) is 8.29. The summed E-state index contributed by atoms with van der Waals surface area (Å²) in [6.45, 7) is 7.19. The summed E-state index contributed by atoms with van der Waals surface area (Å²) < 4.78 is 16.2. The lowest BCUT2D eigenvalue weighted by Crippen LogP contribution is -2.49. The Hall–Kier alpha value is -4.92. The SMILES string of the molecule is CCCCC(=O)N(Cc1ccc(-c2ccccc2-c2nnn[nH]2)cc1)[C@H](C(=O)O[C@H](C)OC(=O)[C@@H]1C[C@H](OC)[C@@H](O[N+](=O)[O-])C1)C(C)C. The van der Waals surface area contributed by atoms with Gasteiger partial charge in [-0.15, -0.1) is 15.2 Å². The van der Waals surface area contributed by atoms with E-state index in [-0.39, 0.29) is 37.6 Å². The fourth-order valence-electron chi connectivity index (χ4n) is 5.91. The molecule has 15 heteroatoms. The van der Waals surface area contributed by atoms with Crippen LogP contribution < -0.4 is 0 Å². The highest BCUT2D eigenvalue weighted by Gasteiger charge is 2.42. The van der Waals surface area contributed by atoms with Crippen molar-refractivity contribution in [3.63, 3.8) is 0 Å². The number of nitrogens with one attached hydrogen (secondary N) is 1. The number of carbonyl (C=O) groups is 3. The maximum Gasteiger partial charge on any atom is 0.332 e. The van der Waals surface area contributed by atoms with Crippen molar-refractivity contribution < 1.29 is 38.5 Å². The van der Waals surface area contributed by atoms with Gasteiger partial charge < -0.3 is 23.9 Å². The number of hydrogen-bond acceptors (Lipinski definition) is 12. The van der Waals surface area contributed by atoms with Gasteiger partial charge in [0.2, 0.25) is 12.2 Å². The highest BCUT2D eigenvalue weighted by Crippen LogP contribution is 2.32. The van der Waals surface area contributed by atoms with Crippen LogP contribution >= 0.6 is 0 Å². The molecule has 1 N–H and O–H groups in total. The number of aromatic amines is 1. The minimum atomic E-state index is -1.27. The average Bonchev–Trinajstić information content (AvgIpc) is 3.74. The number of aromatic nitrogens is 4. The Labute approximate surface area is 278 Å². The van der Waals surface area contributed by atoms with Crippen molar-refractivity contribution in [1.82, 2.24) is 25.5 Å². The zero-order valence-corrected chi connectivity index (χ0v) is 27.7. The monoisotopic (exact) mass is 666 g/mol. The predicted octanol–water partition coefficient (Wildman–Crippen LogP) is 4.51. The highest BCUT2D eigenvalue weighted by atomic mass is 17.0. The number of esters is 2. The van der Waals surface area contributed by atoms with E-state index in [1.807, 2.05) is 69.3 Å². The standard InChI is InChI=1S/C33H42N6O9/c1-6-7-12-29(40)38(19-22-13-15-23(16-14-22)25-10-8-9-11-26(25)31-34-36-37-35-31)30(20(2)3)33(42)47-21(4)46-32(41)24-17-27(45-5)28(18-24)48-39(43)44/h8-11,13-16,20-21,24,27-28,30H,6-7,12,17-19H2,1-5H3,(H,34,35,36,37)/t21-,24-,27+,28+,30+/m1/s1. The summed E-state index contributed by atoms with van der Waals surface area (Å²) in [4.78, 5) is 57.1. The molecule has 1 fully saturated rings. The molecule has 1 saturated carbocycles. The Balaban J connectivity index is 1.47. The van der Waals surface area contributed by atoms with Crippen LogP contribution in [0, 0.1) is 22.0 Å². The Kier molecular flexibility index (Phi) is 12.5. The molecule has 3 aromatic rings. The summed E-state index contributed by atoms with van der Waals surface area (Å²) in [5.74, 6) is -2.13. The second-order valence-corrected chi connectivity index (χ2v) is 12.1. The van der Waals surface area contributed by atoms with E-state index in [1.54, 1.807) is 0 Å². The van der Waals surface area contributed by atoms with Crippen LogP contribution in [0.2, 0.25) is 0 Å². The maximum absolute atomic E-state index is 13.6. The molecule has 48 heavy (non-hydrogen) atoms. The number of ether oxygens (including phenoxy) is 3. The molecule has 1 aliphatic carbocycles. The van der Waals surface area contributed by atoms with Crippen molar-refractivity contribution in [2.45, 2.75) is 90.9 Å². The van der Waals surface area contributed by atoms with E-state index in [9.17, 15) is 24.5 Å². The van der Waals surface area contributed by atoms with Crippen molar-refractivity contribution in [3.8, 4) is 22.5 Å². The number of amides is 1. The van der Waals surface area contributed by atoms with E-state index in [2.05, 4.69) is 25.5 Å². The third-order valence-electron chi connectivity index (χ3n) is 8.29. The number of nitrogens with zero attached hydrogens (tertiary/aromatic N) is 5. The molecule has 1 amide bonds. The predicted molar refractivity (Wildman–Crippen MR) is 171 cm³/mol. The molecule has 1 aliphatic rings. The lowest BCUT2D eigenvalue weighted by Gasteiger charge is -2.33. The molecule has 1 heterocycles. The number of rotatable bonds is 16. The summed E-state index contributed by atoms with van der Waals surface area (Å²) in [6.07, 6.45) is -0.953. The van der Waals surface area contributed by atoms with E-state index < -0.39 is 47.5 Å². The molecule has 0 radical (unpaired) electrons. The number of tetrazole rings is 1. The summed E-state index contributed by atoms with van der Waals surface area (Å²) >= 11 is 0. The fourth-order valence-corrected chi connectivity index (χ4v) is 5.91. The molecule has 2 aromatic carbocycles. The molecule has 0 saturated heterocycles. The van der Waals surface area contributed by atoms with Crippen LogP contribution in [0.4, 0.5) is 0 Å². The van der Waals surface area contributed by atoms with Gasteiger partial charge in [-0.3, -0.25) is 9.59 Å². The summed E-state index contributed by atoms with van der Waals surface area (Å²) in [7, 11) is 1.38. The molecule has 1 aromatic heterocycles. The third kappa shape index (κ3) is 9.12.